The van der Waals surface area contributed by atoms with E-state index in [-0.39, 0.29) is 36.6 Å². The maximum absolute atomic E-state index is 11.6. The summed E-state index contributed by atoms with van der Waals surface area (Å²) in [5.41, 5.74) is 5.47. The molecule has 0 bridgehead atoms. The van der Waals surface area contributed by atoms with Crippen LogP contribution >= 0.6 is 24.8 Å². The third-order valence-electron chi connectivity index (χ3n) is 3.79. The minimum absolute atomic E-state index is 0. The molecule has 0 saturated carbocycles. The van der Waals surface area contributed by atoms with Gasteiger partial charge in [0.2, 0.25) is 5.91 Å². The Kier molecular flexibility index (Phi) is 12.0. The van der Waals surface area contributed by atoms with Crippen molar-refractivity contribution < 1.29 is 4.79 Å². The van der Waals surface area contributed by atoms with E-state index in [9.17, 15) is 4.79 Å². The van der Waals surface area contributed by atoms with Gasteiger partial charge in [-0.05, 0) is 33.2 Å². The van der Waals surface area contributed by atoms with Crippen molar-refractivity contribution in [1.82, 2.24) is 10.2 Å². The van der Waals surface area contributed by atoms with Crippen molar-refractivity contribution in [2.24, 2.45) is 11.7 Å². The number of hydrogen-bond acceptors (Lipinski definition) is 3. The first-order valence-corrected chi connectivity index (χ1v) is 6.79. The lowest BCUT2D eigenvalue weighted by molar-refractivity contribution is -0.124. The van der Waals surface area contributed by atoms with Gasteiger partial charge in [0.1, 0.15) is 0 Å². The van der Waals surface area contributed by atoms with Crippen molar-refractivity contribution in [3.8, 4) is 0 Å². The van der Waals surface area contributed by atoms with Crippen molar-refractivity contribution in [3.05, 3.63) is 0 Å². The Labute approximate surface area is 129 Å². The molecule has 1 heterocycles. The van der Waals surface area contributed by atoms with E-state index in [1.807, 2.05) is 6.92 Å². The molecule has 0 spiro atoms. The summed E-state index contributed by atoms with van der Waals surface area (Å²) >= 11 is 0. The highest BCUT2D eigenvalue weighted by Gasteiger charge is 2.23. The monoisotopic (exact) mass is 313 g/mol. The smallest absolute Gasteiger partial charge is 0.224 e. The van der Waals surface area contributed by atoms with Gasteiger partial charge in [-0.3, -0.25) is 9.69 Å². The summed E-state index contributed by atoms with van der Waals surface area (Å²) in [5.74, 6) is -0.00927. The van der Waals surface area contributed by atoms with E-state index in [0.717, 1.165) is 13.1 Å². The Morgan fingerprint density at radius 2 is 2.00 bits per heavy atom. The molecule has 1 fully saturated rings. The average molecular weight is 314 g/mol. The Hall–Kier alpha value is -0.0300. The quantitative estimate of drug-likeness (QED) is 0.813. The van der Waals surface area contributed by atoms with Crippen LogP contribution in [0.1, 0.15) is 40.0 Å². The number of halogens is 2. The molecule has 19 heavy (non-hydrogen) atoms. The standard InChI is InChI=1S/C13H27N3O.2ClH/c1-10(8-14)13(17)15-9-12(3)16-7-5-4-6-11(16)2;;/h10-12H,4-9,14H2,1-3H3,(H,15,17);2*1H. The van der Waals surface area contributed by atoms with Crippen LogP contribution in [0.15, 0.2) is 0 Å². The third kappa shape index (κ3) is 6.80. The van der Waals surface area contributed by atoms with Crippen molar-refractivity contribution >= 4 is 30.7 Å². The number of nitrogens with one attached hydrogen (secondary N) is 1. The van der Waals surface area contributed by atoms with Crippen molar-refractivity contribution in [2.75, 3.05) is 19.6 Å². The number of nitrogens with two attached hydrogens (primary N) is 1. The molecule has 4 nitrogen and oxygen atoms in total. The fourth-order valence-corrected chi connectivity index (χ4v) is 2.42. The Morgan fingerprint density at radius 1 is 1.37 bits per heavy atom. The fourth-order valence-electron chi connectivity index (χ4n) is 2.42. The van der Waals surface area contributed by atoms with Crippen LogP contribution < -0.4 is 11.1 Å². The Balaban J connectivity index is 0. The first-order valence-electron chi connectivity index (χ1n) is 6.79. The molecule has 0 radical (unpaired) electrons. The fraction of sp³-hybridized carbons (Fsp3) is 0.923. The van der Waals surface area contributed by atoms with Crippen LogP contribution in [-0.4, -0.2) is 42.5 Å². The minimum Gasteiger partial charge on any atom is -0.354 e. The zero-order valence-corrected chi connectivity index (χ0v) is 13.9. The number of amides is 1. The SMILES string of the molecule is CC(CN)C(=O)NCC(C)N1CCCCC1C.Cl.Cl. The number of carbonyl (C=O) groups excluding carboxylic acids is 1. The molecule has 3 unspecified atom stereocenters. The van der Waals surface area contributed by atoms with E-state index in [0.29, 0.717) is 18.6 Å². The highest BCUT2D eigenvalue weighted by Crippen LogP contribution is 2.18. The van der Waals surface area contributed by atoms with E-state index in [4.69, 9.17) is 5.73 Å². The Bertz CT molecular complexity index is 254. The largest absolute Gasteiger partial charge is 0.354 e. The third-order valence-corrected chi connectivity index (χ3v) is 3.79. The van der Waals surface area contributed by atoms with Gasteiger partial charge in [0.15, 0.2) is 0 Å². The van der Waals surface area contributed by atoms with Gasteiger partial charge in [0.25, 0.3) is 0 Å². The molecule has 116 valence electrons. The van der Waals surface area contributed by atoms with E-state index >= 15 is 0 Å². The summed E-state index contributed by atoms with van der Waals surface area (Å²) in [5, 5.41) is 2.99. The second kappa shape index (κ2) is 10.7. The molecule has 0 aromatic carbocycles. The predicted octanol–water partition coefficient (Wildman–Crippen LogP) is 1.80. The lowest BCUT2D eigenvalue weighted by Gasteiger charge is -2.38. The van der Waals surface area contributed by atoms with Crippen LogP contribution in [0, 0.1) is 5.92 Å². The first-order chi connectivity index (χ1) is 8.06. The maximum Gasteiger partial charge on any atom is 0.224 e. The number of carbonyl (C=O) groups is 1. The van der Waals surface area contributed by atoms with Gasteiger partial charge < -0.3 is 11.1 Å². The molecule has 1 rings (SSSR count). The number of likely N-dealkylation sites (tertiary alicyclic amines) is 1. The highest BCUT2D eigenvalue weighted by atomic mass is 35.5. The van der Waals surface area contributed by atoms with E-state index in [1.165, 1.54) is 19.3 Å². The highest BCUT2D eigenvalue weighted by molar-refractivity contribution is 5.85. The number of nitrogens with zero attached hydrogens (tertiary/aromatic N) is 1. The summed E-state index contributed by atoms with van der Waals surface area (Å²) in [4.78, 5) is 14.1. The van der Waals surface area contributed by atoms with Crippen molar-refractivity contribution in [3.63, 3.8) is 0 Å². The average Bonchev–Trinajstić information content (AvgIpc) is 2.35. The second-order valence-electron chi connectivity index (χ2n) is 5.31. The molecule has 3 atom stereocenters. The number of piperidine rings is 1. The van der Waals surface area contributed by atoms with Crippen molar-refractivity contribution in [2.45, 2.75) is 52.1 Å². The molecule has 1 saturated heterocycles. The molecule has 1 aliphatic rings. The van der Waals surface area contributed by atoms with E-state index < -0.39 is 0 Å². The minimum atomic E-state index is -0.0824. The molecule has 6 heteroatoms. The summed E-state index contributed by atoms with van der Waals surface area (Å²) in [7, 11) is 0. The molecule has 3 N–H and O–H groups in total. The maximum atomic E-state index is 11.6. The van der Waals surface area contributed by atoms with Crippen LogP contribution in [0.3, 0.4) is 0 Å². The van der Waals surface area contributed by atoms with Crippen LogP contribution in [0.5, 0.6) is 0 Å². The Morgan fingerprint density at radius 3 is 2.53 bits per heavy atom. The van der Waals surface area contributed by atoms with Crippen LogP contribution in [0.2, 0.25) is 0 Å². The van der Waals surface area contributed by atoms with Gasteiger partial charge in [-0.1, -0.05) is 13.3 Å². The summed E-state index contributed by atoms with van der Waals surface area (Å²) in [6.07, 6.45) is 3.89. The van der Waals surface area contributed by atoms with Gasteiger partial charge in [-0.25, -0.2) is 0 Å². The first kappa shape index (κ1) is 21.3. The summed E-state index contributed by atoms with van der Waals surface area (Å²) < 4.78 is 0. The molecule has 0 aromatic heterocycles. The van der Waals surface area contributed by atoms with E-state index in [1.54, 1.807) is 0 Å². The zero-order chi connectivity index (χ0) is 12.8. The molecular formula is C13H29Cl2N3O. The second-order valence-corrected chi connectivity index (χ2v) is 5.31. The summed E-state index contributed by atoms with van der Waals surface area (Å²) in [6.45, 7) is 8.64. The van der Waals surface area contributed by atoms with E-state index in [2.05, 4.69) is 24.1 Å². The van der Waals surface area contributed by atoms with Crippen LogP contribution in [0.25, 0.3) is 0 Å². The zero-order valence-electron chi connectivity index (χ0n) is 12.2. The number of hydrogen-bond donors (Lipinski definition) is 2. The molecule has 1 aliphatic heterocycles. The van der Waals surface area contributed by atoms with Gasteiger partial charge >= 0.3 is 0 Å². The van der Waals surface area contributed by atoms with Gasteiger partial charge in [0, 0.05) is 31.1 Å². The van der Waals surface area contributed by atoms with Crippen LogP contribution in [-0.2, 0) is 4.79 Å². The predicted molar refractivity (Wildman–Crippen MR) is 85.2 cm³/mol. The van der Waals surface area contributed by atoms with Crippen molar-refractivity contribution in [1.29, 1.82) is 0 Å². The van der Waals surface area contributed by atoms with Gasteiger partial charge in [-0.2, -0.15) is 0 Å². The number of rotatable bonds is 5. The molecule has 0 aromatic rings. The van der Waals surface area contributed by atoms with Gasteiger partial charge in [0.05, 0.1) is 0 Å². The lowest BCUT2D eigenvalue weighted by Crippen LogP contribution is -2.49. The summed E-state index contributed by atoms with van der Waals surface area (Å²) in [6, 6.07) is 1.06. The van der Waals surface area contributed by atoms with Crippen LogP contribution in [0.4, 0.5) is 0 Å². The topological polar surface area (TPSA) is 58.4 Å². The lowest BCUT2D eigenvalue weighted by atomic mass is 10.0. The normalized spacial score (nSPS) is 22.6. The molecule has 1 amide bonds. The molecular weight excluding hydrogens is 285 g/mol. The van der Waals surface area contributed by atoms with Gasteiger partial charge in [-0.15, -0.1) is 24.8 Å². The molecule has 0 aliphatic carbocycles.